The Bertz CT molecular complexity index is 439. The van der Waals surface area contributed by atoms with Crippen LogP contribution in [0.1, 0.15) is 0 Å². The Kier molecular flexibility index (Phi) is 3.93. The van der Waals surface area contributed by atoms with Crippen molar-refractivity contribution in [1.82, 2.24) is 5.32 Å². The maximum atomic E-state index is 13.6. The van der Waals surface area contributed by atoms with Crippen molar-refractivity contribution in [2.45, 2.75) is 6.04 Å². The number of benzene rings is 1. The maximum Gasteiger partial charge on any atom is 0.233 e. The van der Waals surface area contributed by atoms with Crippen LogP contribution in [-0.2, 0) is 9.53 Å². The van der Waals surface area contributed by atoms with Gasteiger partial charge in [-0.15, -0.1) is 0 Å². The molecule has 2 rings (SSSR count). The van der Waals surface area contributed by atoms with Crippen LogP contribution in [0.2, 0.25) is 0 Å². The summed E-state index contributed by atoms with van der Waals surface area (Å²) < 4.78 is 18.9. The molecule has 1 N–H and O–H groups in total. The zero-order valence-electron chi connectivity index (χ0n) is 10.5. The van der Waals surface area contributed by atoms with E-state index in [0.717, 1.165) is 0 Å². The zero-order valence-corrected chi connectivity index (χ0v) is 10.5. The Labute approximate surface area is 106 Å². The summed E-state index contributed by atoms with van der Waals surface area (Å²) in [6.07, 6.45) is 0. The molecule has 1 amide bonds. The highest BCUT2D eigenvalue weighted by molar-refractivity contribution is 5.95. The van der Waals surface area contributed by atoms with Crippen molar-refractivity contribution in [1.29, 1.82) is 0 Å². The van der Waals surface area contributed by atoms with Crippen LogP contribution < -0.4 is 10.2 Å². The van der Waals surface area contributed by atoms with E-state index in [1.165, 1.54) is 11.0 Å². The largest absolute Gasteiger partial charge is 0.379 e. The lowest BCUT2D eigenvalue weighted by Crippen LogP contribution is -2.43. The van der Waals surface area contributed by atoms with Gasteiger partial charge in [0.15, 0.2) is 0 Å². The molecular formula is C13H17FN2O2. The standard InChI is InChI=1S/C13H17FN2O2/c1-15-11-8-18-7-9(11)13(17)16(2)12-6-4-3-5-10(12)14/h3-6,9,11,15H,7-8H2,1-2H3. The fourth-order valence-electron chi connectivity index (χ4n) is 2.17. The average molecular weight is 252 g/mol. The first-order valence-electron chi connectivity index (χ1n) is 5.92. The van der Waals surface area contributed by atoms with Crippen LogP contribution in [-0.4, -0.2) is 39.3 Å². The predicted molar refractivity (Wildman–Crippen MR) is 67.0 cm³/mol. The molecule has 1 heterocycles. The average Bonchev–Trinajstić information content (AvgIpc) is 2.86. The number of carbonyl (C=O) groups is 1. The second-order valence-corrected chi connectivity index (χ2v) is 4.39. The van der Waals surface area contributed by atoms with Crippen LogP contribution in [0.5, 0.6) is 0 Å². The molecule has 1 fully saturated rings. The minimum Gasteiger partial charge on any atom is -0.379 e. The molecule has 2 atom stereocenters. The molecule has 1 aromatic carbocycles. The molecule has 1 aromatic rings. The SMILES string of the molecule is CNC1COCC1C(=O)N(C)c1ccccc1F. The van der Waals surface area contributed by atoms with Gasteiger partial charge in [0, 0.05) is 13.1 Å². The highest BCUT2D eigenvalue weighted by atomic mass is 19.1. The molecule has 4 nitrogen and oxygen atoms in total. The molecular weight excluding hydrogens is 235 g/mol. The molecule has 0 bridgehead atoms. The number of hydrogen-bond donors (Lipinski definition) is 1. The molecule has 0 saturated carbocycles. The lowest BCUT2D eigenvalue weighted by Gasteiger charge is -2.24. The summed E-state index contributed by atoms with van der Waals surface area (Å²) in [4.78, 5) is 13.7. The number of anilines is 1. The third-order valence-electron chi connectivity index (χ3n) is 3.31. The second kappa shape index (κ2) is 5.46. The van der Waals surface area contributed by atoms with Gasteiger partial charge >= 0.3 is 0 Å². The second-order valence-electron chi connectivity index (χ2n) is 4.39. The fourth-order valence-corrected chi connectivity index (χ4v) is 2.17. The van der Waals surface area contributed by atoms with Crippen LogP contribution in [0.15, 0.2) is 24.3 Å². The van der Waals surface area contributed by atoms with Gasteiger partial charge in [-0.05, 0) is 19.2 Å². The Morgan fingerprint density at radius 3 is 2.83 bits per heavy atom. The van der Waals surface area contributed by atoms with E-state index in [1.807, 2.05) is 0 Å². The van der Waals surface area contributed by atoms with Crippen LogP contribution in [0.25, 0.3) is 0 Å². The minimum atomic E-state index is -0.395. The van der Waals surface area contributed by atoms with Gasteiger partial charge in [0.2, 0.25) is 5.91 Å². The first-order valence-corrected chi connectivity index (χ1v) is 5.92. The summed E-state index contributed by atoms with van der Waals surface area (Å²) >= 11 is 0. The zero-order chi connectivity index (χ0) is 13.1. The Balaban J connectivity index is 2.16. The van der Waals surface area contributed by atoms with Crippen LogP contribution in [0.4, 0.5) is 10.1 Å². The monoisotopic (exact) mass is 252 g/mol. The van der Waals surface area contributed by atoms with Gasteiger partial charge in [0.25, 0.3) is 0 Å². The minimum absolute atomic E-state index is 0.00766. The number of halogens is 1. The number of hydrogen-bond acceptors (Lipinski definition) is 3. The van der Waals surface area contributed by atoms with Crippen molar-refractivity contribution in [3.05, 3.63) is 30.1 Å². The third kappa shape index (κ3) is 2.37. The van der Waals surface area contributed by atoms with Crippen LogP contribution >= 0.6 is 0 Å². The quantitative estimate of drug-likeness (QED) is 0.873. The van der Waals surface area contributed by atoms with Gasteiger partial charge < -0.3 is 15.0 Å². The number of carbonyl (C=O) groups excluding carboxylic acids is 1. The number of rotatable bonds is 3. The van der Waals surface area contributed by atoms with Crippen molar-refractivity contribution >= 4 is 11.6 Å². The third-order valence-corrected chi connectivity index (χ3v) is 3.31. The first-order chi connectivity index (χ1) is 8.65. The summed E-state index contributed by atoms with van der Waals surface area (Å²) in [6, 6.07) is 6.25. The molecule has 0 radical (unpaired) electrons. The molecule has 18 heavy (non-hydrogen) atoms. The summed E-state index contributed by atoms with van der Waals surface area (Å²) in [5.41, 5.74) is 0.296. The van der Waals surface area contributed by atoms with Gasteiger partial charge in [-0.3, -0.25) is 4.79 Å². The summed E-state index contributed by atoms with van der Waals surface area (Å²) in [6.45, 7) is 0.890. The Morgan fingerprint density at radius 1 is 1.44 bits per heavy atom. The Hall–Kier alpha value is -1.46. The van der Waals surface area contributed by atoms with Gasteiger partial charge in [-0.1, -0.05) is 12.1 Å². The topological polar surface area (TPSA) is 41.6 Å². The maximum absolute atomic E-state index is 13.6. The molecule has 5 heteroatoms. The van der Waals surface area contributed by atoms with Crippen LogP contribution in [0, 0.1) is 11.7 Å². The number of likely N-dealkylation sites (N-methyl/N-ethyl adjacent to an activating group) is 1. The van der Waals surface area contributed by atoms with Gasteiger partial charge in [-0.25, -0.2) is 4.39 Å². The predicted octanol–water partition coefficient (Wildman–Crippen LogP) is 1.02. The van der Waals surface area contributed by atoms with Gasteiger partial charge in [0.05, 0.1) is 24.8 Å². The number of nitrogens with zero attached hydrogens (tertiary/aromatic N) is 1. The van der Waals surface area contributed by atoms with E-state index in [-0.39, 0.29) is 17.9 Å². The van der Waals surface area contributed by atoms with E-state index < -0.39 is 5.82 Å². The van der Waals surface area contributed by atoms with E-state index >= 15 is 0 Å². The highest BCUT2D eigenvalue weighted by Gasteiger charge is 2.35. The number of amides is 1. The van der Waals surface area contributed by atoms with Crippen molar-refractivity contribution in [2.75, 3.05) is 32.2 Å². The molecule has 1 saturated heterocycles. The molecule has 1 aliphatic rings. The number of ether oxygens (including phenoxy) is 1. The lowest BCUT2D eigenvalue weighted by molar-refractivity contribution is -0.122. The first kappa shape index (κ1) is 13.0. The molecule has 2 unspecified atom stereocenters. The molecule has 98 valence electrons. The number of para-hydroxylation sites is 1. The van der Waals surface area contributed by atoms with E-state index in [1.54, 1.807) is 32.3 Å². The normalized spacial score (nSPS) is 23.1. The summed E-state index contributed by atoms with van der Waals surface area (Å²) in [7, 11) is 3.38. The Morgan fingerprint density at radius 2 is 2.17 bits per heavy atom. The van der Waals surface area contributed by atoms with Crippen molar-refractivity contribution < 1.29 is 13.9 Å². The van der Waals surface area contributed by atoms with E-state index in [9.17, 15) is 9.18 Å². The van der Waals surface area contributed by atoms with Crippen LogP contribution in [0.3, 0.4) is 0 Å². The fraction of sp³-hybridized carbons (Fsp3) is 0.462. The molecule has 0 aliphatic carbocycles. The molecule has 0 spiro atoms. The van der Waals surface area contributed by atoms with E-state index in [2.05, 4.69) is 5.32 Å². The molecule has 0 aromatic heterocycles. The van der Waals surface area contributed by atoms with Gasteiger partial charge in [-0.2, -0.15) is 0 Å². The molecule has 1 aliphatic heterocycles. The van der Waals surface area contributed by atoms with E-state index in [4.69, 9.17) is 4.74 Å². The van der Waals surface area contributed by atoms with Crippen molar-refractivity contribution in [3.8, 4) is 0 Å². The van der Waals surface area contributed by atoms with E-state index in [0.29, 0.717) is 18.9 Å². The summed E-state index contributed by atoms with van der Waals surface area (Å²) in [5, 5.41) is 3.05. The highest BCUT2D eigenvalue weighted by Crippen LogP contribution is 2.22. The van der Waals surface area contributed by atoms with Crippen molar-refractivity contribution in [2.24, 2.45) is 5.92 Å². The number of nitrogens with one attached hydrogen (secondary N) is 1. The smallest absolute Gasteiger partial charge is 0.233 e. The summed E-state index contributed by atoms with van der Waals surface area (Å²) in [5.74, 6) is -0.787. The van der Waals surface area contributed by atoms with Gasteiger partial charge in [0.1, 0.15) is 5.82 Å². The lowest BCUT2D eigenvalue weighted by atomic mass is 10.0. The van der Waals surface area contributed by atoms with Crippen molar-refractivity contribution in [3.63, 3.8) is 0 Å².